The Hall–Kier alpha value is -3.78. The molecule has 4 rings (SSSR count). The lowest BCUT2D eigenvalue weighted by atomic mass is 10.2. The Balaban J connectivity index is 1.59. The van der Waals surface area contributed by atoms with Crippen molar-refractivity contribution in [2.24, 2.45) is 10.2 Å². The number of carbonyl (C=O) groups is 2. The number of aromatic hydroxyl groups is 2. The van der Waals surface area contributed by atoms with E-state index in [1.165, 1.54) is 28.0 Å². The van der Waals surface area contributed by atoms with Gasteiger partial charge >= 0.3 is 5.91 Å². The second kappa shape index (κ2) is 7.09. The molecule has 0 aliphatic rings. The predicted molar refractivity (Wildman–Crippen MR) is 104 cm³/mol. The lowest BCUT2D eigenvalue weighted by Crippen LogP contribution is -1.98. The Morgan fingerprint density at radius 3 is 1.96 bits per heavy atom. The molecule has 0 spiro atoms. The van der Waals surface area contributed by atoms with Gasteiger partial charge in [-0.3, -0.25) is 14.2 Å². The maximum Gasteiger partial charge on any atom is 0.305 e. The average Bonchev–Trinajstić information content (AvgIpc) is 3.34. The van der Waals surface area contributed by atoms with E-state index in [1.807, 2.05) is 0 Å². The summed E-state index contributed by atoms with van der Waals surface area (Å²) in [7, 11) is 0. The van der Waals surface area contributed by atoms with Gasteiger partial charge in [0.25, 0.3) is 5.91 Å². The van der Waals surface area contributed by atoms with Crippen LogP contribution in [-0.4, -0.2) is 26.6 Å². The fourth-order valence-corrected chi connectivity index (χ4v) is 3.41. The first-order chi connectivity index (χ1) is 13.6. The molecule has 0 aliphatic carbocycles. The van der Waals surface area contributed by atoms with E-state index in [2.05, 4.69) is 10.2 Å². The number of thiophene rings is 1. The Morgan fingerprint density at radius 2 is 1.39 bits per heavy atom. The van der Waals surface area contributed by atoms with Crippen LogP contribution in [0.2, 0.25) is 0 Å². The van der Waals surface area contributed by atoms with Crippen LogP contribution >= 0.6 is 11.3 Å². The van der Waals surface area contributed by atoms with E-state index in [0.717, 1.165) is 0 Å². The summed E-state index contributed by atoms with van der Waals surface area (Å²) in [6, 6.07) is 16.3. The van der Waals surface area contributed by atoms with Crippen molar-refractivity contribution < 1.29 is 19.8 Å². The summed E-state index contributed by atoms with van der Waals surface area (Å²) < 4.78 is 1.28. The molecule has 28 heavy (non-hydrogen) atoms. The van der Waals surface area contributed by atoms with Gasteiger partial charge in [0.1, 0.15) is 0 Å². The second-order valence-corrected chi connectivity index (χ2v) is 6.81. The standard InChI is InChI=1S/C20H13N3O4S/c24-17(21-22-18(25)16-6-3-11-28-16)12-7-9-13(10-8-12)23-19(26)14-4-1-2-5-15(14)20(23)27/h1-11,26-27H. The quantitative estimate of drug-likeness (QED) is 0.500. The summed E-state index contributed by atoms with van der Waals surface area (Å²) in [6.07, 6.45) is 0. The molecule has 0 saturated carbocycles. The van der Waals surface area contributed by atoms with Crippen molar-refractivity contribution in [3.8, 4) is 17.4 Å². The van der Waals surface area contributed by atoms with Crippen molar-refractivity contribution in [2.45, 2.75) is 0 Å². The molecular weight excluding hydrogens is 378 g/mol. The lowest BCUT2D eigenvalue weighted by molar-refractivity contribution is 0.0949. The highest BCUT2D eigenvalue weighted by molar-refractivity contribution is 7.12. The van der Waals surface area contributed by atoms with Gasteiger partial charge in [0.05, 0.1) is 10.6 Å². The second-order valence-electron chi connectivity index (χ2n) is 5.86. The van der Waals surface area contributed by atoms with Crippen LogP contribution in [-0.2, 0) is 0 Å². The van der Waals surface area contributed by atoms with Gasteiger partial charge in [0, 0.05) is 16.3 Å². The molecule has 138 valence electrons. The van der Waals surface area contributed by atoms with Crippen molar-refractivity contribution >= 4 is 33.9 Å². The minimum atomic E-state index is -0.664. The van der Waals surface area contributed by atoms with E-state index in [-0.39, 0.29) is 17.3 Å². The minimum Gasteiger partial charge on any atom is -0.494 e. The van der Waals surface area contributed by atoms with Gasteiger partial charge < -0.3 is 10.2 Å². The summed E-state index contributed by atoms with van der Waals surface area (Å²) in [5.74, 6) is -1.45. The first-order valence-corrected chi connectivity index (χ1v) is 9.10. The molecule has 2 amide bonds. The number of hydrogen-bond donors (Lipinski definition) is 2. The molecule has 4 aromatic rings. The number of azo groups is 1. The highest BCUT2D eigenvalue weighted by Crippen LogP contribution is 2.38. The van der Waals surface area contributed by atoms with E-state index >= 15 is 0 Å². The number of hydrogen-bond acceptors (Lipinski definition) is 5. The van der Waals surface area contributed by atoms with Crippen LogP contribution in [0.15, 0.2) is 76.3 Å². The van der Waals surface area contributed by atoms with E-state index in [1.54, 1.807) is 53.9 Å². The molecule has 8 heteroatoms. The number of carbonyl (C=O) groups excluding carboxylic acids is 2. The first-order valence-electron chi connectivity index (χ1n) is 8.22. The number of rotatable bonds is 3. The first kappa shape index (κ1) is 17.6. The summed E-state index contributed by atoms with van der Waals surface area (Å²) in [5.41, 5.74) is 0.691. The molecule has 0 aliphatic heterocycles. The molecule has 2 heterocycles. The molecule has 2 aromatic carbocycles. The van der Waals surface area contributed by atoms with Crippen LogP contribution in [0, 0.1) is 0 Å². The zero-order valence-corrected chi connectivity index (χ0v) is 15.1. The van der Waals surface area contributed by atoms with Crippen LogP contribution in [0.3, 0.4) is 0 Å². The molecule has 0 unspecified atom stereocenters. The van der Waals surface area contributed by atoms with Gasteiger partial charge in [-0.25, -0.2) is 0 Å². The van der Waals surface area contributed by atoms with Crippen molar-refractivity contribution in [1.29, 1.82) is 0 Å². The Morgan fingerprint density at radius 1 is 0.786 bits per heavy atom. The van der Waals surface area contributed by atoms with Gasteiger partial charge in [0.15, 0.2) is 0 Å². The Kier molecular flexibility index (Phi) is 4.46. The predicted octanol–water partition coefficient (Wildman–Crippen LogP) is 4.54. The number of aromatic nitrogens is 1. The zero-order valence-electron chi connectivity index (χ0n) is 14.3. The Labute approximate surface area is 162 Å². The number of fused-ring (bicyclic) bond motifs is 1. The molecule has 0 fully saturated rings. The van der Waals surface area contributed by atoms with Gasteiger partial charge in [-0.05, 0) is 47.8 Å². The van der Waals surface area contributed by atoms with E-state index in [4.69, 9.17) is 0 Å². The Bertz CT molecular complexity index is 1170. The van der Waals surface area contributed by atoms with Crippen LogP contribution in [0.4, 0.5) is 0 Å². The van der Waals surface area contributed by atoms with Crippen LogP contribution < -0.4 is 0 Å². The van der Waals surface area contributed by atoms with Gasteiger partial charge in [0.2, 0.25) is 11.8 Å². The highest BCUT2D eigenvalue weighted by Gasteiger charge is 2.17. The van der Waals surface area contributed by atoms with Crippen LogP contribution in [0.25, 0.3) is 16.5 Å². The summed E-state index contributed by atoms with van der Waals surface area (Å²) in [5, 5.41) is 30.5. The SMILES string of the molecule is O=C(N=NC(=O)c1cccs1)c1ccc(-n2c(O)c3ccccc3c2O)cc1. The van der Waals surface area contributed by atoms with E-state index in [0.29, 0.717) is 21.3 Å². The molecule has 2 aromatic heterocycles. The smallest absolute Gasteiger partial charge is 0.305 e. The van der Waals surface area contributed by atoms with Crippen molar-refractivity contribution in [2.75, 3.05) is 0 Å². The highest BCUT2D eigenvalue weighted by atomic mass is 32.1. The summed E-state index contributed by atoms with van der Waals surface area (Å²) in [6.45, 7) is 0. The topological polar surface area (TPSA) is 104 Å². The molecule has 0 atom stereocenters. The average molecular weight is 391 g/mol. The maximum atomic E-state index is 12.1. The lowest BCUT2D eigenvalue weighted by Gasteiger charge is -2.07. The normalized spacial score (nSPS) is 11.3. The third kappa shape index (κ3) is 3.06. The molecule has 0 radical (unpaired) electrons. The van der Waals surface area contributed by atoms with Gasteiger partial charge in [-0.2, -0.15) is 0 Å². The van der Waals surface area contributed by atoms with Crippen molar-refractivity contribution in [3.05, 3.63) is 76.5 Å². The van der Waals surface area contributed by atoms with E-state index in [9.17, 15) is 19.8 Å². The largest absolute Gasteiger partial charge is 0.494 e. The summed E-state index contributed by atoms with van der Waals surface area (Å²) in [4.78, 5) is 24.3. The maximum absolute atomic E-state index is 12.1. The third-order valence-corrected chi connectivity index (χ3v) is 5.03. The molecular formula is C20H13N3O4S. The van der Waals surface area contributed by atoms with E-state index < -0.39 is 11.8 Å². The summed E-state index contributed by atoms with van der Waals surface area (Å²) >= 11 is 1.22. The van der Waals surface area contributed by atoms with Gasteiger partial charge in [-0.15, -0.1) is 21.6 Å². The van der Waals surface area contributed by atoms with Crippen LogP contribution in [0.5, 0.6) is 11.8 Å². The molecule has 7 nitrogen and oxygen atoms in total. The monoisotopic (exact) mass is 391 g/mol. The number of nitrogens with zero attached hydrogens (tertiary/aromatic N) is 3. The third-order valence-electron chi connectivity index (χ3n) is 4.17. The molecule has 2 N–H and O–H groups in total. The van der Waals surface area contributed by atoms with Gasteiger partial charge in [-0.1, -0.05) is 18.2 Å². The molecule has 0 saturated heterocycles. The number of amides is 2. The molecule has 0 bridgehead atoms. The minimum absolute atomic E-state index is 0.103. The van der Waals surface area contributed by atoms with Crippen molar-refractivity contribution in [1.82, 2.24) is 4.57 Å². The fraction of sp³-hybridized carbons (Fsp3) is 0. The number of benzene rings is 2. The van der Waals surface area contributed by atoms with Crippen LogP contribution in [0.1, 0.15) is 20.0 Å². The fourth-order valence-electron chi connectivity index (χ4n) is 2.81. The zero-order chi connectivity index (χ0) is 19.7. The van der Waals surface area contributed by atoms with Crippen molar-refractivity contribution in [3.63, 3.8) is 0 Å².